The Morgan fingerprint density at radius 1 is 1.07 bits per heavy atom. The highest BCUT2D eigenvalue weighted by atomic mass is 16.4. The van der Waals surface area contributed by atoms with Crippen molar-refractivity contribution in [2.24, 2.45) is 11.5 Å². The average molecular weight is 616 g/mol. The van der Waals surface area contributed by atoms with Crippen molar-refractivity contribution in [2.45, 2.75) is 44.4 Å². The van der Waals surface area contributed by atoms with Crippen LogP contribution in [0.2, 0.25) is 0 Å². The second kappa shape index (κ2) is 11.5. The molecule has 1 aliphatic rings. The zero-order chi connectivity index (χ0) is 32.8. The number of urea groups is 1. The number of hydrogen-bond donors (Lipinski definition) is 9. The number of aliphatic hydroxyl groups excluding tert-OH is 1. The molecule has 11 N–H and O–H groups in total. The van der Waals surface area contributed by atoms with Gasteiger partial charge in [-0.05, 0) is 67.4 Å². The van der Waals surface area contributed by atoms with E-state index >= 15 is 0 Å². The summed E-state index contributed by atoms with van der Waals surface area (Å²) in [4.78, 5) is 46.0. The topological polar surface area (TPSA) is 252 Å². The molecule has 1 fully saturated rings. The van der Waals surface area contributed by atoms with Crippen molar-refractivity contribution in [3.8, 4) is 34.0 Å². The van der Waals surface area contributed by atoms with Crippen LogP contribution in [0, 0.1) is 5.41 Å². The van der Waals surface area contributed by atoms with E-state index in [1.807, 2.05) is 0 Å². The Labute approximate surface area is 256 Å². The van der Waals surface area contributed by atoms with E-state index in [-0.39, 0.29) is 59.4 Å². The maximum absolute atomic E-state index is 14.0. The van der Waals surface area contributed by atoms with Crippen LogP contribution in [0.1, 0.15) is 37.0 Å². The van der Waals surface area contributed by atoms with Gasteiger partial charge in [0.2, 0.25) is 5.91 Å². The van der Waals surface area contributed by atoms with E-state index in [9.17, 15) is 34.8 Å². The number of fused-ring (bicyclic) bond motifs is 1. The van der Waals surface area contributed by atoms with Crippen LogP contribution in [0.15, 0.2) is 48.5 Å². The number of carbonyl (C=O) groups is 3. The minimum atomic E-state index is -1.39. The number of benzene rings is 3. The quantitative estimate of drug-likeness (QED) is 0.104. The number of aromatic amines is 1. The molecule has 0 bridgehead atoms. The zero-order valence-corrected chi connectivity index (χ0v) is 24.5. The number of phenolic OH excluding ortho intramolecular Hbond substituents is 2. The van der Waals surface area contributed by atoms with Gasteiger partial charge in [-0.15, -0.1) is 0 Å². The summed E-state index contributed by atoms with van der Waals surface area (Å²) in [5, 5.41) is 52.7. The van der Waals surface area contributed by atoms with Gasteiger partial charge in [-0.3, -0.25) is 10.2 Å². The molecule has 14 heteroatoms. The van der Waals surface area contributed by atoms with Crippen LogP contribution in [-0.2, 0) is 21.5 Å². The fourth-order valence-corrected chi connectivity index (χ4v) is 5.54. The predicted molar refractivity (Wildman–Crippen MR) is 165 cm³/mol. The van der Waals surface area contributed by atoms with Crippen molar-refractivity contribution >= 4 is 34.8 Å². The fraction of sp³-hybridized carbons (Fsp3) is 0.258. The number of likely N-dealkylation sites (tertiary alicyclic amines) is 1. The Morgan fingerprint density at radius 3 is 2.44 bits per heavy atom. The first-order valence-electron chi connectivity index (χ1n) is 14.0. The molecule has 0 aliphatic carbocycles. The highest BCUT2D eigenvalue weighted by Gasteiger charge is 2.45. The van der Waals surface area contributed by atoms with Crippen LogP contribution in [-0.4, -0.2) is 77.7 Å². The number of carboxylic acids is 1. The van der Waals surface area contributed by atoms with E-state index in [0.29, 0.717) is 27.7 Å². The van der Waals surface area contributed by atoms with Crippen molar-refractivity contribution in [3.63, 3.8) is 0 Å². The van der Waals surface area contributed by atoms with Crippen LogP contribution >= 0.6 is 0 Å². The molecular formula is C31H33N7O7. The third-order valence-electron chi connectivity index (χ3n) is 8.06. The summed E-state index contributed by atoms with van der Waals surface area (Å²) in [6.45, 7) is 3.08. The Bertz CT molecular complexity index is 1870. The van der Waals surface area contributed by atoms with Gasteiger partial charge < -0.3 is 47.1 Å². The van der Waals surface area contributed by atoms with Crippen LogP contribution in [0.5, 0.6) is 11.5 Å². The third kappa shape index (κ3) is 5.82. The van der Waals surface area contributed by atoms with Gasteiger partial charge >= 0.3 is 12.0 Å². The second-order valence-electron chi connectivity index (χ2n) is 11.5. The molecule has 5 rings (SSSR count). The number of rotatable bonds is 8. The van der Waals surface area contributed by atoms with Crippen molar-refractivity contribution in [2.75, 3.05) is 6.54 Å². The Hall–Kier alpha value is -5.63. The summed E-state index contributed by atoms with van der Waals surface area (Å²) < 4.78 is 0. The summed E-state index contributed by atoms with van der Waals surface area (Å²) in [7, 11) is 0. The summed E-state index contributed by atoms with van der Waals surface area (Å²) >= 11 is 0. The van der Waals surface area contributed by atoms with Crippen LogP contribution < -0.4 is 16.8 Å². The van der Waals surface area contributed by atoms with E-state index < -0.39 is 35.5 Å². The number of phenols is 2. The predicted octanol–water partition coefficient (Wildman–Crippen LogP) is 2.08. The summed E-state index contributed by atoms with van der Waals surface area (Å²) in [6, 6.07) is 10.6. The second-order valence-corrected chi connectivity index (χ2v) is 11.5. The molecule has 1 saturated heterocycles. The molecule has 45 heavy (non-hydrogen) atoms. The molecule has 0 saturated carbocycles. The number of nitrogens with zero attached hydrogens (tertiary/aromatic N) is 2. The number of aliphatic hydroxyl groups is 1. The van der Waals surface area contributed by atoms with Crippen molar-refractivity contribution in [3.05, 3.63) is 65.2 Å². The smallest absolute Gasteiger partial charge is 0.326 e. The lowest BCUT2D eigenvalue weighted by molar-refractivity contribution is -0.150. The maximum atomic E-state index is 14.0. The summed E-state index contributed by atoms with van der Waals surface area (Å²) in [5.41, 5.74) is 12.3. The average Bonchev–Trinajstić information content (AvgIpc) is 3.59. The number of aromatic nitrogens is 2. The number of β-amino-alcohol motifs (C(OH)–C–C–N with tert-alkyl or cyclic N) is 1. The molecule has 2 unspecified atom stereocenters. The molecule has 0 radical (unpaired) electrons. The fourth-order valence-electron chi connectivity index (χ4n) is 5.54. The zero-order valence-electron chi connectivity index (χ0n) is 24.5. The molecule has 1 aliphatic heterocycles. The molecule has 234 valence electrons. The number of hydrogen-bond acceptors (Lipinski definition) is 8. The number of primary amides is 1. The molecule has 3 amide bonds. The summed E-state index contributed by atoms with van der Waals surface area (Å²) in [6.07, 6.45) is -1.11. The third-order valence-corrected chi connectivity index (χ3v) is 8.06. The Balaban J connectivity index is 1.70. The number of imidazole rings is 1. The molecule has 2 heterocycles. The number of nitrogens with one attached hydrogen (secondary N) is 3. The number of amides is 3. The number of carboxylic acid groups (broad SMARTS) is 1. The van der Waals surface area contributed by atoms with Gasteiger partial charge in [0.1, 0.15) is 29.2 Å². The Morgan fingerprint density at radius 2 is 1.78 bits per heavy atom. The minimum Gasteiger partial charge on any atom is -0.507 e. The van der Waals surface area contributed by atoms with Crippen LogP contribution in [0.3, 0.4) is 0 Å². The highest BCUT2D eigenvalue weighted by Crippen LogP contribution is 2.45. The molecule has 4 aromatic rings. The molecule has 3 aromatic carbocycles. The minimum absolute atomic E-state index is 0.0375. The molecule has 14 nitrogen and oxygen atoms in total. The van der Waals surface area contributed by atoms with E-state index in [0.717, 1.165) is 4.90 Å². The largest absolute Gasteiger partial charge is 0.507 e. The van der Waals surface area contributed by atoms with Crippen LogP contribution in [0.4, 0.5) is 4.79 Å². The van der Waals surface area contributed by atoms with Crippen molar-refractivity contribution in [1.82, 2.24) is 20.2 Å². The lowest BCUT2D eigenvalue weighted by Crippen LogP contribution is -2.48. The van der Waals surface area contributed by atoms with Crippen molar-refractivity contribution in [1.29, 1.82) is 5.41 Å². The van der Waals surface area contributed by atoms with E-state index in [2.05, 4.69) is 15.3 Å². The summed E-state index contributed by atoms with van der Waals surface area (Å²) in [5.74, 6) is -2.23. The van der Waals surface area contributed by atoms with Gasteiger partial charge in [0.25, 0.3) is 0 Å². The van der Waals surface area contributed by atoms with Crippen LogP contribution in [0.25, 0.3) is 33.5 Å². The Kier molecular flexibility index (Phi) is 7.85. The highest BCUT2D eigenvalue weighted by molar-refractivity contribution is 5.99. The van der Waals surface area contributed by atoms with E-state index in [4.69, 9.17) is 16.9 Å². The monoisotopic (exact) mass is 615 g/mol. The normalized spacial score (nSPS) is 16.6. The molecule has 1 aromatic heterocycles. The SMILES string of the molecule is CC(C)(C(=O)N1CC(O)CC1C(=O)O)c1cc(-c2nc3ccc(C(=N)N)cc3[nH]2)c(O)c(-c2cc(CNC(N)=O)ccc2O)c1. The van der Waals surface area contributed by atoms with Crippen molar-refractivity contribution < 1.29 is 34.8 Å². The number of H-pyrrole nitrogens is 1. The molecule has 2 atom stereocenters. The lowest BCUT2D eigenvalue weighted by atomic mass is 9.80. The number of aromatic hydroxyl groups is 2. The van der Waals surface area contributed by atoms with Gasteiger partial charge in [0.05, 0.1) is 28.1 Å². The van der Waals surface area contributed by atoms with Gasteiger partial charge in [-0.1, -0.05) is 6.07 Å². The number of amidine groups is 1. The number of aliphatic carboxylic acids is 1. The number of nitrogens with two attached hydrogens (primary N) is 2. The van der Waals surface area contributed by atoms with Gasteiger partial charge in [-0.25, -0.2) is 14.6 Å². The van der Waals surface area contributed by atoms with Gasteiger partial charge in [0.15, 0.2) is 0 Å². The maximum Gasteiger partial charge on any atom is 0.326 e. The number of carbonyl (C=O) groups excluding carboxylic acids is 2. The van der Waals surface area contributed by atoms with E-state index in [1.54, 1.807) is 50.2 Å². The van der Waals surface area contributed by atoms with Gasteiger partial charge in [-0.2, -0.15) is 0 Å². The standard InChI is InChI=1S/C31H33N7O7/c1-31(2,29(44)38-13-17(39)11-23(38)28(42)43)16-9-19(18-7-14(3-6-24(18)40)12-35-30(34)45)25(41)20(10-16)27-36-21-5-4-15(26(32)33)8-22(21)37-27/h3-10,17,23,39-41H,11-13H2,1-2H3,(H3,32,33)(H,36,37)(H,42,43)(H3,34,35,45). The molecular weight excluding hydrogens is 582 g/mol. The van der Waals surface area contributed by atoms with Gasteiger partial charge in [0, 0.05) is 36.2 Å². The molecule has 0 spiro atoms. The first-order valence-corrected chi connectivity index (χ1v) is 14.0. The van der Waals surface area contributed by atoms with E-state index in [1.165, 1.54) is 12.1 Å². The lowest BCUT2D eigenvalue weighted by Gasteiger charge is -2.32. The number of nitrogen functional groups attached to an aromatic ring is 1. The first-order chi connectivity index (χ1) is 21.2. The first kappa shape index (κ1) is 30.8.